The number of amides is 4. The smallest absolute Gasteiger partial charge is 0.318 e. The molecule has 12 heteroatoms. The van der Waals surface area contributed by atoms with Crippen molar-refractivity contribution in [2.75, 3.05) is 66.4 Å². The first-order valence-electron chi connectivity index (χ1n) is 22.0. The van der Waals surface area contributed by atoms with Crippen LogP contribution in [0.1, 0.15) is 123 Å². The number of hydrogen-bond donors (Lipinski definition) is 3. The number of urea groups is 1. The van der Waals surface area contributed by atoms with E-state index in [2.05, 4.69) is 22.6 Å². The number of aliphatic hydroxyl groups is 1. The van der Waals surface area contributed by atoms with Gasteiger partial charge < -0.3 is 29.5 Å². The summed E-state index contributed by atoms with van der Waals surface area (Å²) >= 11 is 0. The molecule has 0 bridgehead atoms. The summed E-state index contributed by atoms with van der Waals surface area (Å²) in [5, 5.41) is 16.1. The first kappa shape index (κ1) is 45.9. The normalized spacial score (nSPS) is 19.6. The molecule has 0 unspecified atom stereocenters. The number of aryl methyl sites for hydroxylation is 1. The number of carbonyl (C=O) groups excluding carboxylic acids is 3. The average Bonchev–Trinajstić information content (AvgIpc) is 3.22. The van der Waals surface area contributed by atoms with Crippen LogP contribution in [0, 0.1) is 17.8 Å². The fourth-order valence-electron chi connectivity index (χ4n) is 8.59. The van der Waals surface area contributed by atoms with E-state index < -0.39 is 17.6 Å². The van der Waals surface area contributed by atoms with Crippen molar-refractivity contribution in [1.82, 2.24) is 25.6 Å². The predicted molar refractivity (Wildman–Crippen MR) is 220 cm³/mol. The molecule has 1 aliphatic carbocycles. The van der Waals surface area contributed by atoms with Gasteiger partial charge in [0.25, 0.3) is 5.91 Å². The first-order valence-corrected chi connectivity index (χ1v) is 22.0. The SMILES string of the molecule is CCCC[C@](CCc1ccccc1)(NC(=O)N1CCC(OCOC)CC1)C(=O)NN(CCCN1CCOCC1)C(=O)[C@@H](C[C@@H](O)CCC1CCCCC1)C(C)C. The molecule has 1 saturated carbocycles. The highest BCUT2D eigenvalue weighted by Crippen LogP contribution is 2.30. The molecule has 1 aromatic rings. The number of hydrogen-bond acceptors (Lipinski definition) is 8. The lowest BCUT2D eigenvalue weighted by molar-refractivity contribution is -0.149. The molecule has 2 saturated heterocycles. The minimum absolute atomic E-state index is 0.0157. The van der Waals surface area contributed by atoms with Gasteiger partial charge in [-0.05, 0) is 75.2 Å². The molecular formula is C44H75N5O7. The summed E-state index contributed by atoms with van der Waals surface area (Å²) in [5.74, 6) is -0.396. The van der Waals surface area contributed by atoms with Crippen LogP contribution >= 0.6 is 0 Å². The maximum Gasteiger partial charge on any atom is 0.318 e. The van der Waals surface area contributed by atoms with Crippen molar-refractivity contribution in [3.63, 3.8) is 0 Å². The Hall–Kier alpha value is -2.77. The molecule has 0 radical (unpaired) electrons. The van der Waals surface area contributed by atoms with Crippen molar-refractivity contribution >= 4 is 17.8 Å². The zero-order chi connectivity index (χ0) is 40.2. The largest absolute Gasteiger partial charge is 0.393 e. The fourth-order valence-corrected chi connectivity index (χ4v) is 8.59. The molecule has 56 heavy (non-hydrogen) atoms. The summed E-state index contributed by atoms with van der Waals surface area (Å²) in [6, 6.07) is 9.76. The quantitative estimate of drug-likeness (QED) is 0.0922. The van der Waals surface area contributed by atoms with E-state index in [0.717, 1.165) is 44.5 Å². The molecule has 4 rings (SSSR count). The van der Waals surface area contributed by atoms with Crippen LogP contribution in [-0.4, -0.2) is 122 Å². The molecule has 3 N–H and O–H groups in total. The van der Waals surface area contributed by atoms with E-state index in [-0.39, 0.29) is 36.7 Å². The third-order valence-electron chi connectivity index (χ3n) is 12.3. The van der Waals surface area contributed by atoms with Crippen LogP contribution in [0.15, 0.2) is 30.3 Å². The van der Waals surface area contributed by atoms with Gasteiger partial charge in [0.1, 0.15) is 12.3 Å². The number of ether oxygens (including phenoxy) is 3. The lowest BCUT2D eigenvalue weighted by atomic mass is 9.83. The maximum atomic E-state index is 15.0. The molecule has 1 aromatic carbocycles. The van der Waals surface area contributed by atoms with Gasteiger partial charge in [-0.1, -0.05) is 96.0 Å². The van der Waals surface area contributed by atoms with Gasteiger partial charge in [-0.3, -0.25) is 24.9 Å². The lowest BCUT2D eigenvalue weighted by Crippen LogP contribution is -2.65. The Balaban J connectivity index is 1.56. The third kappa shape index (κ3) is 15.2. The zero-order valence-corrected chi connectivity index (χ0v) is 35.2. The number of morpholine rings is 1. The standard InChI is InChI=1S/C44H75N5O7/c1-5-6-23-44(24-20-37-16-11-8-12-17-37,45-43(53)48-27-21-39(22-28-48)56-34-54-4)42(52)46-49(26-13-25-47-29-31-55-32-30-47)41(51)40(35(2)3)33-38(50)19-18-36-14-9-7-10-15-36/h8,11-12,16-17,35-36,38-40,50H,5-7,9-10,13-15,18-34H2,1-4H3,(H,45,53)(H,46,52)/t38-,40-,44+/m0/s1. The van der Waals surface area contributed by atoms with Crippen LogP contribution in [0.5, 0.6) is 0 Å². The second-order valence-electron chi connectivity index (χ2n) is 16.9. The number of nitrogens with zero attached hydrogens (tertiary/aromatic N) is 3. The summed E-state index contributed by atoms with van der Waals surface area (Å²) in [4.78, 5) is 47.9. The molecule has 318 valence electrons. The molecule has 0 aromatic heterocycles. The number of piperidine rings is 1. The topological polar surface area (TPSA) is 133 Å². The molecular weight excluding hydrogens is 711 g/mol. The number of rotatable bonds is 22. The van der Waals surface area contributed by atoms with Crippen molar-refractivity contribution in [3.05, 3.63) is 35.9 Å². The van der Waals surface area contributed by atoms with Crippen molar-refractivity contribution in [1.29, 1.82) is 0 Å². The molecule has 3 atom stereocenters. The van der Waals surface area contributed by atoms with Crippen LogP contribution in [0.2, 0.25) is 0 Å². The van der Waals surface area contributed by atoms with E-state index in [1.54, 1.807) is 12.0 Å². The van der Waals surface area contributed by atoms with Gasteiger partial charge in [0, 0.05) is 52.3 Å². The summed E-state index contributed by atoms with van der Waals surface area (Å²) in [5.41, 5.74) is 2.94. The Kier molecular flexibility index (Phi) is 20.4. The molecule has 2 heterocycles. The summed E-state index contributed by atoms with van der Waals surface area (Å²) < 4.78 is 16.4. The molecule has 0 spiro atoms. The third-order valence-corrected chi connectivity index (χ3v) is 12.3. The van der Waals surface area contributed by atoms with Crippen LogP contribution < -0.4 is 10.7 Å². The number of benzene rings is 1. The van der Waals surface area contributed by atoms with Gasteiger partial charge in [-0.2, -0.15) is 0 Å². The minimum Gasteiger partial charge on any atom is -0.393 e. The summed E-state index contributed by atoms with van der Waals surface area (Å²) in [7, 11) is 1.60. The van der Waals surface area contributed by atoms with Crippen LogP contribution in [0.3, 0.4) is 0 Å². The molecule has 3 fully saturated rings. The predicted octanol–water partition coefficient (Wildman–Crippen LogP) is 6.31. The van der Waals surface area contributed by atoms with Gasteiger partial charge in [-0.25, -0.2) is 4.79 Å². The van der Waals surface area contributed by atoms with Gasteiger partial charge >= 0.3 is 6.03 Å². The number of likely N-dealkylation sites (tertiary alicyclic amines) is 1. The van der Waals surface area contributed by atoms with Crippen molar-refractivity contribution in [3.8, 4) is 0 Å². The number of aliphatic hydroxyl groups excluding tert-OH is 1. The van der Waals surface area contributed by atoms with Gasteiger partial charge in [0.15, 0.2) is 0 Å². The second kappa shape index (κ2) is 24.9. The Labute approximate surface area is 337 Å². The van der Waals surface area contributed by atoms with Gasteiger partial charge in [0.2, 0.25) is 5.91 Å². The van der Waals surface area contributed by atoms with E-state index >= 15 is 4.79 Å². The second-order valence-corrected chi connectivity index (χ2v) is 16.9. The molecule has 3 aliphatic rings. The Bertz CT molecular complexity index is 1270. The first-order chi connectivity index (χ1) is 27.1. The van der Waals surface area contributed by atoms with Gasteiger partial charge in [-0.15, -0.1) is 0 Å². The van der Waals surface area contributed by atoms with E-state index in [9.17, 15) is 14.7 Å². The van der Waals surface area contributed by atoms with E-state index in [4.69, 9.17) is 14.2 Å². The highest BCUT2D eigenvalue weighted by Gasteiger charge is 2.42. The Morgan fingerprint density at radius 2 is 1.70 bits per heavy atom. The average molecular weight is 786 g/mol. The number of methoxy groups -OCH3 is 1. The number of carbonyl (C=O) groups is 3. The number of nitrogens with one attached hydrogen (secondary N) is 2. The zero-order valence-electron chi connectivity index (χ0n) is 35.2. The maximum absolute atomic E-state index is 15.0. The van der Waals surface area contributed by atoms with Crippen LogP contribution in [0.4, 0.5) is 4.79 Å². The van der Waals surface area contributed by atoms with Crippen molar-refractivity contribution < 1.29 is 33.7 Å². The van der Waals surface area contributed by atoms with Crippen molar-refractivity contribution in [2.45, 2.75) is 141 Å². The lowest BCUT2D eigenvalue weighted by Gasteiger charge is -2.40. The number of hydrazine groups is 1. The molecule has 4 amide bonds. The summed E-state index contributed by atoms with van der Waals surface area (Å²) in [6.45, 7) is 11.5. The fraction of sp³-hybridized carbons (Fsp3) is 0.795. The highest BCUT2D eigenvalue weighted by atomic mass is 16.7. The van der Waals surface area contributed by atoms with Crippen LogP contribution in [0.25, 0.3) is 0 Å². The molecule has 2 aliphatic heterocycles. The van der Waals surface area contributed by atoms with E-state index in [1.165, 1.54) is 37.1 Å². The Morgan fingerprint density at radius 3 is 2.36 bits per heavy atom. The van der Waals surface area contributed by atoms with E-state index in [1.807, 2.05) is 44.2 Å². The van der Waals surface area contributed by atoms with E-state index in [0.29, 0.717) is 90.1 Å². The van der Waals surface area contributed by atoms with Crippen LogP contribution in [-0.2, 0) is 30.2 Å². The number of unbranched alkanes of at least 4 members (excludes halogenated alkanes) is 1. The Morgan fingerprint density at radius 1 is 0.982 bits per heavy atom. The highest BCUT2D eigenvalue weighted by molar-refractivity contribution is 5.92. The van der Waals surface area contributed by atoms with Gasteiger partial charge in [0.05, 0.1) is 25.4 Å². The monoisotopic (exact) mass is 786 g/mol. The summed E-state index contributed by atoms with van der Waals surface area (Å²) in [6.07, 6.45) is 12.7. The van der Waals surface area contributed by atoms with Crippen molar-refractivity contribution in [2.24, 2.45) is 17.8 Å². The molecule has 12 nitrogen and oxygen atoms in total. The minimum atomic E-state index is -1.26.